The fourth-order valence-electron chi connectivity index (χ4n) is 3.82. The van der Waals surface area contributed by atoms with Crippen molar-refractivity contribution in [1.29, 1.82) is 0 Å². The van der Waals surface area contributed by atoms with Crippen LogP contribution in [0.2, 0.25) is 0 Å². The predicted octanol–water partition coefficient (Wildman–Crippen LogP) is 4.43. The molecule has 1 heterocycles. The summed E-state index contributed by atoms with van der Waals surface area (Å²) in [6.45, 7) is 2.03. The van der Waals surface area contributed by atoms with Gasteiger partial charge < -0.3 is 14.8 Å². The second-order valence-electron chi connectivity index (χ2n) is 8.22. The molecule has 2 N–H and O–H groups in total. The summed E-state index contributed by atoms with van der Waals surface area (Å²) in [6.07, 6.45) is -4.97. The highest BCUT2D eigenvalue weighted by Crippen LogP contribution is 2.34. The maximum absolute atomic E-state index is 13.1. The molecule has 0 fully saturated rings. The van der Waals surface area contributed by atoms with Crippen LogP contribution in [0.15, 0.2) is 71.6 Å². The number of halogens is 3. The topological polar surface area (TPSA) is 112 Å². The lowest BCUT2D eigenvalue weighted by Gasteiger charge is -2.11. The second-order valence-corrected chi connectivity index (χ2v) is 9.90. The van der Waals surface area contributed by atoms with Crippen LogP contribution in [0.1, 0.15) is 18.1 Å². The Balaban J connectivity index is 1.70. The zero-order chi connectivity index (χ0) is 27.5. The van der Waals surface area contributed by atoms with Crippen LogP contribution < -0.4 is 19.5 Å². The van der Waals surface area contributed by atoms with Gasteiger partial charge in [-0.25, -0.2) is 8.42 Å². The van der Waals surface area contributed by atoms with Crippen LogP contribution in [-0.2, 0) is 27.9 Å². The van der Waals surface area contributed by atoms with Crippen LogP contribution in [0, 0.1) is 0 Å². The summed E-state index contributed by atoms with van der Waals surface area (Å²) in [5.41, 5.74) is 2.27. The molecule has 13 heteroatoms. The molecule has 4 rings (SSSR count). The van der Waals surface area contributed by atoms with E-state index in [1.807, 2.05) is 24.3 Å². The number of rotatable bonds is 9. The van der Waals surface area contributed by atoms with Crippen LogP contribution in [0.5, 0.6) is 11.5 Å². The van der Waals surface area contributed by atoms with Gasteiger partial charge in [-0.3, -0.25) is 14.2 Å². The van der Waals surface area contributed by atoms with Crippen molar-refractivity contribution in [3.05, 3.63) is 77.9 Å². The molecule has 0 spiro atoms. The van der Waals surface area contributed by atoms with Crippen LogP contribution in [0.3, 0.4) is 0 Å². The van der Waals surface area contributed by atoms with Gasteiger partial charge in [-0.1, -0.05) is 36.4 Å². The van der Waals surface area contributed by atoms with Gasteiger partial charge in [-0.15, -0.1) is 13.2 Å². The van der Waals surface area contributed by atoms with Gasteiger partial charge in [0, 0.05) is 19.5 Å². The Hall–Kier alpha value is -4.26. The third kappa shape index (κ3) is 6.35. The van der Waals surface area contributed by atoms with E-state index in [-0.39, 0.29) is 18.3 Å². The summed E-state index contributed by atoms with van der Waals surface area (Å²) in [7, 11) is -2.93. The molecule has 9 nitrogen and oxygen atoms in total. The number of alkyl halides is 3. The van der Waals surface area contributed by atoms with Crippen molar-refractivity contribution >= 4 is 32.7 Å². The summed E-state index contributed by atoms with van der Waals surface area (Å²) in [6, 6.07) is 16.6. The third-order valence-electron chi connectivity index (χ3n) is 5.41. The van der Waals surface area contributed by atoms with E-state index in [4.69, 9.17) is 4.74 Å². The van der Waals surface area contributed by atoms with Gasteiger partial charge in [0.25, 0.3) is 10.0 Å². The van der Waals surface area contributed by atoms with Crippen molar-refractivity contribution in [2.24, 2.45) is 0 Å². The molecule has 38 heavy (non-hydrogen) atoms. The number of methoxy groups -OCH3 is 1. The monoisotopic (exact) mass is 548 g/mol. The average Bonchev–Trinajstić information content (AvgIpc) is 3.18. The molecule has 0 bridgehead atoms. The fraction of sp³-hybridized carbons (Fsp3) is 0.200. The molecule has 0 atom stereocenters. The van der Waals surface area contributed by atoms with Crippen molar-refractivity contribution in [1.82, 2.24) is 15.1 Å². The normalized spacial score (nSPS) is 11.8. The average molecular weight is 549 g/mol. The van der Waals surface area contributed by atoms with Crippen molar-refractivity contribution in [2.75, 3.05) is 11.8 Å². The first kappa shape index (κ1) is 26.8. The van der Waals surface area contributed by atoms with E-state index >= 15 is 0 Å². The summed E-state index contributed by atoms with van der Waals surface area (Å²) in [5.74, 6) is -0.547. The number of ether oxygens (including phenoxy) is 2. The van der Waals surface area contributed by atoms with Crippen molar-refractivity contribution < 1.29 is 35.9 Å². The number of carbonyl (C=O) groups is 1. The van der Waals surface area contributed by atoms with Gasteiger partial charge in [-0.2, -0.15) is 5.10 Å². The number of carbonyl (C=O) groups excluding carboxylic acids is 1. The molecule has 4 aromatic rings. The molecule has 0 radical (unpaired) electrons. The maximum Gasteiger partial charge on any atom is 0.573 e. The minimum atomic E-state index is -4.97. The Morgan fingerprint density at radius 1 is 1.03 bits per heavy atom. The lowest BCUT2D eigenvalue weighted by molar-refractivity contribution is -0.274. The van der Waals surface area contributed by atoms with E-state index in [2.05, 4.69) is 19.9 Å². The Bertz CT molecular complexity index is 1590. The Morgan fingerprint density at radius 3 is 2.45 bits per heavy atom. The molecule has 3 aromatic carbocycles. The number of amides is 1. The van der Waals surface area contributed by atoms with Gasteiger partial charge in [0.05, 0.1) is 29.5 Å². The fourth-order valence-corrected chi connectivity index (χ4v) is 4.87. The molecular weight excluding hydrogens is 525 g/mol. The first-order valence-electron chi connectivity index (χ1n) is 11.2. The Labute approximate surface area is 216 Å². The summed E-state index contributed by atoms with van der Waals surface area (Å²) < 4.78 is 77.4. The zero-order valence-electron chi connectivity index (χ0n) is 20.2. The van der Waals surface area contributed by atoms with Gasteiger partial charge in [0.2, 0.25) is 5.91 Å². The van der Waals surface area contributed by atoms with E-state index in [1.165, 1.54) is 14.0 Å². The number of nitrogens with zero attached hydrogens (tertiary/aromatic N) is 2. The molecule has 0 aliphatic carbocycles. The Morgan fingerprint density at radius 2 is 1.74 bits per heavy atom. The highest BCUT2D eigenvalue weighted by atomic mass is 32.2. The number of hydrogen-bond acceptors (Lipinski definition) is 6. The molecule has 0 aliphatic heterocycles. The highest BCUT2D eigenvalue weighted by molar-refractivity contribution is 7.92. The summed E-state index contributed by atoms with van der Waals surface area (Å²) in [4.78, 5) is 10.8. The van der Waals surface area contributed by atoms with Gasteiger partial charge in [0.1, 0.15) is 11.5 Å². The van der Waals surface area contributed by atoms with Gasteiger partial charge >= 0.3 is 6.36 Å². The first-order valence-corrected chi connectivity index (χ1v) is 12.7. The lowest BCUT2D eigenvalue weighted by atomic mass is 10.1. The van der Waals surface area contributed by atoms with E-state index in [9.17, 15) is 26.4 Å². The number of hydrogen-bond donors (Lipinski definition) is 2. The summed E-state index contributed by atoms with van der Waals surface area (Å²) >= 11 is 0. The zero-order valence-corrected chi connectivity index (χ0v) is 21.1. The SMILES string of the molecule is COc1cccc2c1c(NS(=O)(=O)c1cccc(OC(F)(F)F)c1)nn2Cc1cccc(CNC(C)=O)c1. The van der Waals surface area contributed by atoms with E-state index < -0.39 is 27.0 Å². The molecule has 200 valence electrons. The number of benzene rings is 3. The van der Waals surface area contributed by atoms with E-state index in [0.717, 1.165) is 35.4 Å². The van der Waals surface area contributed by atoms with Crippen LogP contribution >= 0.6 is 0 Å². The van der Waals surface area contributed by atoms with Crippen molar-refractivity contribution in [2.45, 2.75) is 31.3 Å². The number of aromatic nitrogens is 2. The van der Waals surface area contributed by atoms with Gasteiger partial charge in [-0.05, 0) is 35.4 Å². The third-order valence-corrected chi connectivity index (χ3v) is 6.74. The summed E-state index contributed by atoms with van der Waals surface area (Å²) in [5, 5.41) is 7.56. The number of nitrogens with one attached hydrogen (secondary N) is 2. The largest absolute Gasteiger partial charge is 0.573 e. The number of anilines is 1. The molecule has 1 aromatic heterocycles. The quantitative estimate of drug-likeness (QED) is 0.320. The molecule has 0 saturated carbocycles. The highest BCUT2D eigenvalue weighted by Gasteiger charge is 2.31. The predicted molar refractivity (Wildman–Crippen MR) is 133 cm³/mol. The molecule has 1 amide bonds. The van der Waals surface area contributed by atoms with E-state index in [0.29, 0.717) is 23.2 Å². The minimum absolute atomic E-state index is 0.0611. The molecule has 0 aliphatic rings. The Kier molecular flexibility index (Phi) is 7.49. The number of sulfonamides is 1. The van der Waals surface area contributed by atoms with Gasteiger partial charge in [0.15, 0.2) is 5.82 Å². The standard InChI is InChI=1S/C25H23F3N4O5S/c1-16(33)29-14-17-6-3-7-18(12-17)15-32-21-10-5-11-22(36-2)23(21)24(30-32)31-38(34,35)20-9-4-8-19(13-20)37-25(26,27)28/h3-13H,14-15H2,1-2H3,(H,29,33)(H,30,31). The van der Waals surface area contributed by atoms with Crippen LogP contribution in [0.25, 0.3) is 10.9 Å². The van der Waals surface area contributed by atoms with Crippen LogP contribution in [-0.4, -0.2) is 37.6 Å². The second kappa shape index (κ2) is 10.6. The van der Waals surface area contributed by atoms with E-state index in [1.54, 1.807) is 22.9 Å². The molecule has 0 saturated heterocycles. The molecular formula is C25H23F3N4O5S. The first-order chi connectivity index (χ1) is 17.9. The smallest absolute Gasteiger partial charge is 0.496 e. The molecule has 0 unspecified atom stereocenters. The minimum Gasteiger partial charge on any atom is -0.496 e. The number of fused-ring (bicyclic) bond motifs is 1. The van der Waals surface area contributed by atoms with Crippen molar-refractivity contribution in [3.63, 3.8) is 0 Å². The van der Waals surface area contributed by atoms with Crippen molar-refractivity contribution in [3.8, 4) is 11.5 Å². The van der Waals surface area contributed by atoms with Crippen LogP contribution in [0.4, 0.5) is 19.0 Å². The lowest BCUT2D eigenvalue weighted by Crippen LogP contribution is -2.19. The maximum atomic E-state index is 13.1.